The molecular formula is C15H25IN6. The second-order valence-corrected chi connectivity index (χ2v) is 5.42. The van der Waals surface area contributed by atoms with Gasteiger partial charge in [-0.2, -0.15) is 0 Å². The normalized spacial score (nSPS) is 11.5. The fourth-order valence-electron chi connectivity index (χ4n) is 2.04. The van der Waals surface area contributed by atoms with Gasteiger partial charge in [0, 0.05) is 32.8 Å². The predicted octanol–water partition coefficient (Wildman–Crippen LogP) is 2.10. The van der Waals surface area contributed by atoms with Crippen LogP contribution in [0.3, 0.4) is 0 Å². The number of hydrogen-bond donors (Lipinski definition) is 2. The average Bonchev–Trinajstić information content (AvgIpc) is 2.90. The average molecular weight is 416 g/mol. The summed E-state index contributed by atoms with van der Waals surface area (Å²) >= 11 is 0. The number of halogens is 1. The first-order valence-corrected chi connectivity index (χ1v) is 7.44. The smallest absolute Gasteiger partial charge is 0.190 e. The van der Waals surface area contributed by atoms with Crippen molar-refractivity contribution >= 4 is 35.6 Å². The fourth-order valence-corrected chi connectivity index (χ4v) is 2.04. The molecule has 0 fully saturated rings. The van der Waals surface area contributed by atoms with Crippen molar-refractivity contribution in [2.45, 2.75) is 26.7 Å². The first kappa shape index (κ1) is 18.7. The van der Waals surface area contributed by atoms with Crippen molar-refractivity contribution < 1.29 is 0 Å². The van der Waals surface area contributed by atoms with Crippen molar-refractivity contribution in [3.8, 4) is 0 Å². The van der Waals surface area contributed by atoms with Gasteiger partial charge in [-0.15, -0.1) is 34.2 Å². The van der Waals surface area contributed by atoms with Crippen LogP contribution in [0.4, 0.5) is 0 Å². The van der Waals surface area contributed by atoms with Gasteiger partial charge in [0.05, 0.1) is 0 Å². The number of nitrogens with one attached hydrogen (secondary N) is 2. The van der Waals surface area contributed by atoms with Crippen molar-refractivity contribution in [2.75, 3.05) is 20.1 Å². The minimum atomic E-state index is 0. The van der Waals surface area contributed by atoms with Gasteiger partial charge >= 0.3 is 0 Å². The molecule has 0 aliphatic rings. The molecule has 0 atom stereocenters. The Bertz CT molecular complexity index is 592. The second-order valence-electron chi connectivity index (χ2n) is 5.42. The molecule has 0 radical (unpaired) electrons. The van der Waals surface area contributed by atoms with E-state index in [-0.39, 0.29) is 24.0 Å². The van der Waals surface area contributed by atoms with Crippen LogP contribution in [0.1, 0.15) is 26.1 Å². The third-order valence-electron chi connectivity index (χ3n) is 3.16. The lowest BCUT2D eigenvalue weighted by molar-refractivity contribution is 0.612. The lowest BCUT2D eigenvalue weighted by atomic mass is 10.2. The summed E-state index contributed by atoms with van der Waals surface area (Å²) in [5, 5.41) is 15.0. The van der Waals surface area contributed by atoms with Gasteiger partial charge in [-0.05, 0) is 24.5 Å². The summed E-state index contributed by atoms with van der Waals surface area (Å²) in [4.78, 5) is 4.21. The maximum atomic E-state index is 4.23. The number of aromatic nitrogens is 3. The molecule has 2 rings (SSSR count). The lowest BCUT2D eigenvalue weighted by Gasteiger charge is -2.13. The molecule has 0 amide bonds. The Morgan fingerprint density at radius 3 is 2.82 bits per heavy atom. The highest BCUT2D eigenvalue weighted by Gasteiger charge is 2.04. The molecule has 22 heavy (non-hydrogen) atoms. The Morgan fingerprint density at radius 2 is 2.09 bits per heavy atom. The Labute approximate surface area is 148 Å². The molecule has 122 valence electrons. The molecule has 2 aromatic heterocycles. The molecule has 2 heterocycles. The van der Waals surface area contributed by atoms with Crippen LogP contribution in [-0.4, -0.2) is 40.7 Å². The summed E-state index contributed by atoms with van der Waals surface area (Å²) in [7, 11) is 1.79. The van der Waals surface area contributed by atoms with E-state index in [0.717, 1.165) is 43.4 Å². The minimum Gasteiger partial charge on any atom is -0.356 e. The van der Waals surface area contributed by atoms with Crippen molar-refractivity contribution in [3.63, 3.8) is 0 Å². The number of aliphatic imine (C=N–C) groups is 1. The minimum absolute atomic E-state index is 0. The maximum Gasteiger partial charge on any atom is 0.190 e. The summed E-state index contributed by atoms with van der Waals surface area (Å²) in [6.07, 6.45) is 3.87. The maximum absolute atomic E-state index is 4.23. The van der Waals surface area contributed by atoms with Crippen LogP contribution in [0.2, 0.25) is 0 Å². The molecule has 0 saturated carbocycles. The van der Waals surface area contributed by atoms with Gasteiger partial charge in [0.25, 0.3) is 0 Å². The number of rotatable bonds is 6. The van der Waals surface area contributed by atoms with Gasteiger partial charge in [-0.1, -0.05) is 19.9 Å². The van der Waals surface area contributed by atoms with Crippen LogP contribution in [0, 0.1) is 5.92 Å². The fraction of sp³-hybridized carbons (Fsp3) is 0.533. The molecule has 0 unspecified atom stereocenters. The second kappa shape index (κ2) is 9.60. The van der Waals surface area contributed by atoms with Crippen molar-refractivity contribution in [3.05, 3.63) is 30.2 Å². The molecule has 7 heteroatoms. The van der Waals surface area contributed by atoms with Crippen LogP contribution >= 0.6 is 24.0 Å². The Morgan fingerprint density at radius 1 is 1.27 bits per heavy atom. The zero-order valence-electron chi connectivity index (χ0n) is 13.4. The van der Waals surface area contributed by atoms with Crippen LogP contribution in [0.5, 0.6) is 0 Å². The molecule has 2 aromatic rings. The summed E-state index contributed by atoms with van der Waals surface area (Å²) in [6, 6.07) is 5.93. The first-order chi connectivity index (χ1) is 10.2. The third kappa shape index (κ3) is 5.43. The van der Waals surface area contributed by atoms with Gasteiger partial charge in [0.1, 0.15) is 5.82 Å². The summed E-state index contributed by atoms with van der Waals surface area (Å²) in [5.41, 5.74) is 0.898. The van der Waals surface area contributed by atoms with Gasteiger partial charge in [-0.25, -0.2) is 0 Å². The largest absolute Gasteiger partial charge is 0.356 e. The monoisotopic (exact) mass is 416 g/mol. The summed E-state index contributed by atoms with van der Waals surface area (Å²) in [6.45, 7) is 6.14. The highest BCUT2D eigenvalue weighted by atomic mass is 127. The van der Waals surface area contributed by atoms with E-state index >= 15 is 0 Å². The number of hydrogen-bond acceptors (Lipinski definition) is 3. The lowest BCUT2D eigenvalue weighted by Crippen LogP contribution is -2.39. The first-order valence-electron chi connectivity index (χ1n) is 7.44. The molecule has 0 aliphatic heterocycles. The predicted molar refractivity (Wildman–Crippen MR) is 101 cm³/mol. The highest BCUT2D eigenvalue weighted by molar-refractivity contribution is 14.0. The molecule has 0 spiro atoms. The van der Waals surface area contributed by atoms with E-state index in [4.69, 9.17) is 0 Å². The summed E-state index contributed by atoms with van der Waals surface area (Å²) < 4.78 is 2.03. The van der Waals surface area contributed by atoms with Gasteiger partial charge in [0.2, 0.25) is 0 Å². The SMILES string of the molecule is CN=C(NCCCc1nnc2ccccn12)NCC(C)C.I. The van der Waals surface area contributed by atoms with Gasteiger partial charge in [0.15, 0.2) is 11.6 Å². The van der Waals surface area contributed by atoms with E-state index < -0.39 is 0 Å². The number of fused-ring (bicyclic) bond motifs is 1. The van der Waals surface area contributed by atoms with E-state index in [1.54, 1.807) is 7.05 Å². The van der Waals surface area contributed by atoms with Crippen molar-refractivity contribution in [1.29, 1.82) is 0 Å². The Kier molecular flexibility index (Phi) is 8.15. The number of pyridine rings is 1. The molecule has 6 nitrogen and oxygen atoms in total. The van der Waals surface area contributed by atoms with Crippen LogP contribution in [-0.2, 0) is 6.42 Å². The number of aryl methyl sites for hydroxylation is 1. The zero-order chi connectivity index (χ0) is 15.1. The van der Waals surface area contributed by atoms with E-state index in [0.29, 0.717) is 5.92 Å². The highest BCUT2D eigenvalue weighted by Crippen LogP contribution is 2.04. The van der Waals surface area contributed by atoms with Crippen LogP contribution in [0.15, 0.2) is 29.4 Å². The van der Waals surface area contributed by atoms with Crippen molar-refractivity contribution in [1.82, 2.24) is 25.2 Å². The molecule has 0 saturated heterocycles. The number of nitrogens with zero attached hydrogens (tertiary/aromatic N) is 4. The molecule has 0 aromatic carbocycles. The molecule has 2 N–H and O–H groups in total. The Hall–Kier alpha value is -1.38. The van der Waals surface area contributed by atoms with Gasteiger partial charge < -0.3 is 10.6 Å². The third-order valence-corrected chi connectivity index (χ3v) is 3.16. The topological polar surface area (TPSA) is 66.6 Å². The summed E-state index contributed by atoms with van der Waals surface area (Å²) in [5.74, 6) is 2.46. The van der Waals surface area contributed by atoms with E-state index in [9.17, 15) is 0 Å². The van der Waals surface area contributed by atoms with E-state index in [1.165, 1.54) is 0 Å². The molecular weight excluding hydrogens is 391 g/mol. The van der Waals surface area contributed by atoms with Crippen molar-refractivity contribution in [2.24, 2.45) is 10.9 Å². The molecule has 0 bridgehead atoms. The zero-order valence-corrected chi connectivity index (χ0v) is 15.7. The van der Waals surface area contributed by atoms with E-state index in [1.807, 2.05) is 28.8 Å². The van der Waals surface area contributed by atoms with Crippen LogP contribution in [0.25, 0.3) is 5.65 Å². The number of guanidine groups is 1. The standard InChI is InChI=1S/C15H24N6.HI/c1-12(2)11-18-15(16-3)17-9-6-8-14-20-19-13-7-4-5-10-21(13)14;/h4-5,7,10,12H,6,8-9,11H2,1-3H3,(H2,16,17,18);1H. The quantitative estimate of drug-likeness (QED) is 0.328. The van der Waals surface area contributed by atoms with E-state index in [2.05, 4.69) is 39.7 Å². The van der Waals surface area contributed by atoms with Gasteiger partial charge in [-0.3, -0.25) is 9.39 Å². The molecule has 0 aliphatic carbocycles. The van der Waals surface area contributed by atoms with Crippen LogP contribution < -0.4 is 10.6 Å². The Balaban J connectivity index is 0.00000242.